The molecule has 2 heterocycles. The zero-order chi connectivity index (χ0) is 11.4. The molecule has 0 radical (unpaired) electrons. The van der Waals surface area contributed by atoms with Gasteiger partial charge in [-0.15, -0.1) is 0 Å². The average molecular weight is 213 g/mol. The van der Waals surface area contributed by atoms with Crippen LogP contribution in [0.3, 0.4) is 0 Å². The lowest BCUT2D eigenvalue weighted by Gasteiger charge is -2.04. The van der Waals surface area contributed by atoms with Crippen molar-refractivity contribution in [3.05, 3.63) is 54.0 Å². The van der Waals surface area contributed by atoms with Gasteiger partial charge in [0.15, 0.2) is 0 Å². The summed E-state index contributed by atoms with van der Waals surface area (Å²) >= 11 is 0. The van der Waals surface area contributed by atoms with E-state index in [0.29, 0.717) is 11.4 Å². The van der Waals surface area contributed by atoms with Crippen molar-refractivity contribution in [1.82, 2.24) is 9.97 Å². The quantitative estimate of drug-likeness (QED) is 0.830. The third-order valence-electron chi connectivity index (χ3n) is 2.07. The number of pyridine rings is 2. The van der Waals surface area contributed by atoms with E-state index in [4.69, 9.17) is 0 Å². The minimum atomic E-state index is -0.180. The second-order valence-corrected chi connectivity index (χ2v) is 3.35. The Bertz CT molecular complexity index is 497. The zero-order valence-electron chi connectivity index (χ0n) is 8.84. The van der Waals surface area contributed by atoms with Crippen LogP contribution in [0.15, 0.2) is 42.7 Å². The van der Waals surface area contributed by atoms with Gasteiger partial charge in [-0.1, -0.05) is 6.07 Å². The number of rotatable bonds is 2. The topological polar surface area (TPSA) is 54.9 Å². The highest BCUT2D eigenvalue weighted by Gasteiger charge is 2.05. The van der Waals surface area contributed by atoms with Gasteiger partial charge >= 0.3 is 0 Å². The number of aryl methyl sites for hydroxylation is 1. The minimum absolute atomic E-state index is 0.180. The summed E-state index contributed by atoms with van der Waals surface area (Å²) in [7, 11) is 0. The third kappa shape index (κ3) is 2.42. The Morgan fingerprint density at radius 2 is 1.94 bits per heavy atom. The molecule has 0 unspecified atom stereocenters. The number of hydrogen-bond acceptors (Lipinski definition) is 3. The molecule has 4 heteroatoms. The van der Waals surface area contributed by atoms with Gasteiger partial charge in [-0.2, -0.15) is 0 Å². The fraction of sp³-hybridized carbons (Fsp3) is 0.0833. The number of amides is 1. The molecule has 0 saturated heterocycles. The van der Waals surface area contributed by atoms with E-state index in [0.717, 1.165) is 5.69 Å². The highest BCUT2D eigenvalue weighted by Crippen LogP contribution is 2.06. The molecule has 0 atom stereocenters. The van der Waals surface area contributed by atoms with E-state index in [1.165, 1.54) is 0 Å². The smallest absolute Gasteiger partial charge is 0.256 e. The third-order valence-corrected chi connectivity index (χ3v) is 2.07. The Morgan fingerprint density at radius 1 is 1.19 bits per heavy atom. The van der Waals surface area contributed by atoms with Gasteiger partial charge in [0.25, 0.3) is 5.91 Å². The predicted molar refractivity (Wildman–Crippen MR) is 61.2 cm³/mol. The van der Waals surface area contributed by atoms with E-state index < -0.39 is 0 Å². The van der Waals surface area contributed by atoms with Crippen LogP contribution in [0.5, 0.6) is 0 Å². The van der Waals surface area contributed by atoms with Crippen molar-refractivity contribution in [1.29, 1.82) is 0 Å². The zero-order valence-corrected chi connectivity index (χ0v) is 8.84. The maximum Gasteiger partial charge on any atom is 0.256 e. The summed E-state index contributed by atoms with van der Waals surface area (Å²) in [5.74, 6) is 0.377. The fourth-order valence-corrected chi connectivity index (χ4v) is 1.30. The van der Waals surface area contributed by atoms with Crippen LogP contribution in [0.1, 0.15) is 16.1 Å². The van der Waals surface area contributed by atoms with Crippen LogP contribution < -0.4 is 5.32 Å². The molecule has 80 valence electrons. The summed E-state index contributed by atoms with van der Waals surface area (Å²) in [4.78, 5) is 19.8. The monoisotopic (exact) mass is 213 g/mol. The van der Waals surface area contributed by atoms with E-state index in [9.17, 15) is 4.79 Å². The summed E-state index contributed by atoms with van der Waals surface area (Å²) in [6, 6.07) is 8.80. The summed E-state index contributed by atoms with van der Waals surface area (Å²) in [6.45, 7) is 1.88. The molecular formula is C12H11N3O. The number of carbonyl (C=O) groups is 1. The van der Waals surface area contributed by atoms with Crippen molar-refractivity contribution in [2.45, 2.75) is 6.92 Å². The first-order valence-corrected chi connectivity index (χ1v) is 4.91. The predicted octanol–water partition coefficient (Wildman–Crippen LogP) is 2.04. The van der Waals surface area contributed by atoms with E-state index >= 15 is 0 Å². The Hall–Kier alpha value is -2.23. The standard InChI is InChI=1S/C12H11N3O/c1-9-3-2-4-11(14-9)15-12(16)10-5-7-13-8-6-10/h2-8H,1H3,(H,14,15,16). The van der Waals surface area contributed by atoms with Crippen molar-refractivity contribution in [3.63, 3.8) is 0 Å². The molecule has 0 spiro atoms. The second-order valence-electron chi connectivity index (χ2n) is 3.35. The lowest BCUT2D eigenvalue weighted by molar-refractivity contribution is 0.102. The molecule has 2 aromatic heterocycles. The minimum Gasteiger partial charge on any atom is -0.307 e. The van der Waals surface area contributed by atoms with Crippen LogP contribution in [-0.4, -0.2) is 15.9 Å². The maximum atomic E-state index is 11.7. The number of anilines is 1. The fourth-order valence-electron chi connectivity index (χ4n) is 1.30. The number of nitrogens with zero attached hydrogens (tertiary/aromatic N) is 2. The van der Waals surface area contributed by atoms with Gasteiger partial charge in [0.05, 0.1) is 0 Å². The Kier molecular flexibility index (Phi) is 2.91. The van der Waals surface area contributed by atoms with Crippen molar-refractivity contribution in [2.75, 3.05) is 5.32 Å². The molecule has 0 aromatic carbocycles. The number of nitrogens with one attached hydrogen (secondary N) is 1. The van der Waals surface area contributed by atoms with Crippen LogP contribution in [0, 0.1) is 6.92 Å². The molecule has 0 fully saturated rings. The van der Waals surface area contributed by atoms with Gasteiger partial charge in [-0.05, 0) is 31.2 Å². The molecular weight excluding hydrogens is 202 g/mol. The van der Waals surface area contributed by atoms with Gasteiger partial charge in [0.1, 0.15) is 5.82 Å². The Labute approximate surface area is 93.4 Å². The van der Waals surface area contributed by atoms with Crippen LogP contribution in [0.25, 0.3) is 0 Å². The first kappa shape index (κ1) is 10.3. The summed E-state index contributed by atoms with van der Waals surface area (Å²) < 4.78 is 0. The van der Waals surface area contributed by atoms with E-state index in [-0.39, 0.29) is 5.91 Å². The first-order chi connectivity index (χ1) is 7.75. The van der Waals surface area contributed by atoms with Crippen molar-refractivity contribution in [3.8, 4) is 0 Å². The van der Waals surface area contributed by atoms with Gasteiger partial charge in [-0.25, -0.2) is 4.98 Å². The van der Waals surface area contributed by atoms with Gasteiger partial charge in [-0.3, -0.25) is 9.78 Å². The average Bonchev–Trinajstić information content (AvgIpc) is 2.30. The molecule has 1 amide bonds. The van der Waals surface area contributed by atoms with Crippen LogP contribution in [-0.2, 0) is 0 Å². The highest BCUT2D eigenvalue weighted by molar-refractivity contribution is 6.03. The van der Waals surface area contributed by atoms with E-state index in [1.54, 1.807) is 30.6 Å². The van der Waals surface area contributed by atoms with Gasteiger partial charge < -0.3 is 5.32 Å². The summed E-state index contributed by atoms with van der Waals surface area (Å²) in [6.07, 6.45) is 3.16. The molecule has 0 bridgehead atoms. The summed E-state index contributed by atoms with van der Waals surface area (Å²) in [5.41, 5.74) is 1.44. The molecule has 0 aliphatic heterocycles. The first-order valence-electron chi connectivity index (χ1n) is 4.91. The molecule has 4 nitrogen and oxygen atoms in total. The molecule has 16 heavy (non-hydrogen) atoms. The van der Waals surface area contributed by atoms with Gasteiger partial charge in [0.2, 0.25) is 0 Å². The Balaban J connectivity index is 2.14. The number of aromatic nitrogens is 2. The highest BCUT2D eigenvalue weighted by atomic mass is 16.1. The lowest BCUT2D eigenvalue weighted by Crippen LogP contribution is -2.12. The molecule has 0 aliphatic rings. The van der Waals surface area contributed by atoms with Crippen molar-refractivity contribution >= 4 is 11.7 Å². The lowest BCUT2D eigenvalue weighted by atomic mass is 10.2. The SMILES string of the molecule is Cc1cccc(NC(=O)c2ccncc2)n1. The van der Waals surface area contributed by atoms with Crippen LogP contribution in [0.4, 0.5) is 5.82 Å². The second kappa shape index (κ2) is 4.53. The van der Waals surface area contributed by atoms with Gasteiger partial charge in [0, 0.05) is 23.7 Å². The summed E-state index contributed by atoms with van der Waals surface area (Å²) in [5, 5.41) is 2.72. The van der Waals surface area contributed by atoms with Crippen molar-refractivity contribution < 1.29 is 4.79 Å². The largest absolute Gasteiger partial charge is 0.307 e. The van der Waals surface area contributed by atoms with Crippen LogP contribution >= 0.6 is 0 Å². The Morgan fingerprint density at radius 3 is 2.62 bits per heavy atom. The normalized spacial score (nSPS) is 9.81. The molecule has 0 aliphatic carbocycles. The number of hydrogen-bond donors (Lipinski definition) is 1. The number of carbonyl (C=O) groups excluding carboxylic acids is 1. The van der Waals surface area contributed by atoms with Crippen molar-refractivity contribution in [2.24, 2.45) is 0 Å². The van der Waals surface area contributed by atoms with Crippen LogP contribution in [0.2, 0.25) is 0 Å². The van der Waals surface area contributed by atoms with E-state index in [1.807, 2.05) is 19.1 Å². The maximum absolute atomic E-state index is 11.7. The molecule has 2 rings (SSSR count). The van der Waals surface area contributed by atoms with E-state index in [2.05, 4.69) is 15.3 Å². The molecule has 2 aromatic rings. The molecule has 1 N–H and O–H groups in total. The molecule has 0 saturated carbocycles.